The van der Waals surface area contributed by atoms with Gasteiger partial charge in [-0.05, 0) is 26.2 Å². The standard InChI is InChI=1S/C10H19NO/c1-8(2)5-6-11-9(3)7-10(4)12/h8H,5-7H2,1-4H3. The van der Waals surface area contributed by atoms with Crippen molar-refractivity contribution in [2.24, 2.45) is 10.9 Å². The first-order valence-corrected chi connectivity index (χ1v) is 4.51. The molecular formula is C10H19NO. The first-order chi connectivity index (χ1) is 5.52. The fourth-order valence-corrected chi connectivity index (χ4v) is 0.930. The number of carbonyl (C=O) groups excluding carboxylic acids is 1. The van der Waals surface area contributed by atoms with E-state index in [1.165, 1.54) is 0 Å². The van der Waals surface area contributed by atoms with E-state index in [1.54, 1.807) is 6.92 Å². The molecule has 0 heterocycles. The number of hydrogen-bond donors (Lipinski definition) is 0. The summed E-state index contributed by atoms with van der Waals surface area (Å²) in [5.41, 5.74) is 0.961. The van der Waals surface area contributed by atoms with Gasteiger partial charge in [-0.15, -0.1) is 0 Å². The summed E-state index contributed by atoms with van der Waals surface area (Å²) in [6.45, 7) is 8.73. The Morgan fingerprint density at radius 2 is 1.92 bits per heavy atom. The molecule has 0 unspecified atom stereocenters. The van der Waals surface area contributed by atoms with Gasteiger partial charge in [0.05, 0.1) is 0 Å². The van der Waals surface area contributed by atoms with Crippen molar-refractivity contribution in [2.45, 2.75) is 40.5 Å². The molecule has 70 valence electrons. The molecule has 0 aromatic rings. The molecule has 0 aliphatic heterocycles. The van der Waals surface area contributed by atoms with E-state index in [1.807, 2.05) is 6.92 Å². The number of carbonyl (C=O) groups is 1. The molecular weight excluding hydrogens is 150 g/mol. The molecule has 0 saturated heterocycles. The van der Waals surface area contributed by atoms with Gasteiger partial charge in [-0.3, -0.25) is 9.79 Å². The van der Waals surface area contributed by atoms with Crippen LogP contribution in [0, 0.1) is 5.92 Å². The van der Waals surface area contributed by atoms with E-state index in [2.05, 4.69) is 18.8 Å². The number of ketones is 1. The van der Waals surface area contributed by atoms with Crippen LogP contribution in [0.5, 0.6) is 0 Å². The fourth-order valence-electron chi connectivity index (χ4n) is 0.930. The minimum absolute atomic E-state index is 0.195. The van der Waals surface area contributed by atoms with E-state index in [9.17, 15) is 4.79 Å². The normalized spacial score (nSPS) is 12.2. The van der Waals surface area contributed by atoms with E-state index in [0.29, 0.717) is 12.3 Å². The Balaban J connectivity index is 3.62. The summed E-state index contributed by atoms with van der Waals surface area (Å²) < 4.78 is 0. The van der Waals surface area contributed by atoms with Crippen LogP contribution in [0.1, 0.15) is 40.5 Å². The van der Waals surface area contributed by atoms with Gasteiger partial charge in [0, 0.05) is 18.7 Å². The number of hydrogen-bond acceptors (Lipinski definition) is 2. The molecule has 0 rings (SSSR count). The van der Waals surface area contributed by atoms with Gasteiger partial charge >= 0.3 is 0 Å². The minimum atomic E-state index is 0.195. The molecule has 0 radical (unpaired) electrons. The average molecular weight is 169 g/mol. The molecule has 0 fully saturated rings. The second-order valence-electron chi connectivity index (χ2n) is 3.68. The van der Waals surface area contributed by atoms with Gasteiger partial charge in [-0.25, -0.2) is 0 Å². The molecule has 0 atom stereocenters. The van der Waals surface area contributed by atoms with Crippen LogP contribution in [0.3, 0.4) is 0 Å². The molecule has 0 aromatic heterocycles. The van der Waals surface area contributed by atoms with Crippen molar-refractivity contribution in [2.75, 3.05) is 6.54 Å². The third kappa shape index (κ3) is 7.45. The maximum absolute atomic E-state index is 10.7. The molecule has 0 spiro atoms. The molecule has 0 aromatic carbocycles. The van der Waals surface area contributed by atoms with Crippen molar-refractivity contribution >= 4 is 11.5 Å². The minimum Gasteiger partial charge on any atom is -0.300 e. The third-order valence-electron chi connectivity index (χ3n) is 1.59. The van der Waals surface area contributed by atoms with Crippen molar-refractivity contribution in [1.82, 2.24) is 0 Å². The number of nitrogens with zero attached hydrogens (tertiary/aromatic N) is 1. The Bertz CT molecular complexity index is 171. The zero-order chi connectivity index (χ0) is 9.56. The summed E-state index contributed by atoms with van der Waals surface area (Å²) in [4.78, 5) is 15.0. The zero-order valence-electron chi connectivity index (χ0n) is 8.55. The highest BCUT2D eigenvalue weighted by Crippen LogP contribution is 1.99. The summed E-state index contributed by atoms with van der Waals surface area (Å²) in [5.74, 6) is 0.889. The molecule has 0 amide bonds. The van der Waals surface area contributed by atoms with Crippen LogP contribution in [0.4, 0.5) is 0 Å². The fraction of sp³-hybridized carbons (Fsp3) is 0.800. The van der Waals surface area contributed by atoms with Crippen LogP contribution in [0.2, 0.25) is 0 Å². The Morgan fingerprint density at radius 3 is 2.33 bits per heavy atom. The molecule has 0 N–H and O–H groups in total. The van der Waals surface area contributed by atoms with E-state index >= 15 is 0 Å². The monoisotopic (exact) mass is 169 g/mol. The van der Waals surface area contributed by atoms with Gasteiger partial charge in [-0.1, -0.05) is 13.8 Å². The predicted molar refractivity (Wildman–Crippen MR) is 52.7 cm³/mol. The second-order valence-corrected chi connectivity index (χ2v) is 3.68. The highest BCUT2D eigenvalue weighted by molar-refractivity contribution is 5.99. The van der Waals surface area contributed by atoms with Gasteiger partial charge in [0.1, 0.15) is 5.78 Å². The molecule has 0 bridgehead atoms. The van der Waals surface area contributed by atoms with Crippen molar-refractivity contribution in [3.8, 4) is 0 Å². The van der Waals surface area contributed by atoms with Crippen LogP contribution in [0.15, 0.2) is 4.99 Å². The largest absolute Gasteiger partial charge is 0.300 e. The first kappa shape index (κ1) is 11.3. The Labute approximate surface area is 75.1 Å². The number of aliphatic imine (C=N–C) groups is 1. The lowest BCUT2D eigenvalue weighted by atomic mass is 10.1. The molecule has 2 nitrogen and oxygen atoms in total. The number of Topliss-reactive ketones (excluding diaryl/α,β-unsaturated/α-hetero) is 1. The summed E-state index contributed by atoms with van der Waals surface area (Å²) in [6, 6.07) is 0. The molecule has 12 heavy (non-hydrogen) atoms. The van der Waals surface area contributed by atoms with Crippen molar-refractivity contribution in [3.05, 3.63) is 0 Å². The molecule has 0 aliphatic rings. The summed E-state index contributed by atoms with van der Waals surface area (Å²) in [6.07, 6.45) is 1.62. The van der Waals surface area contributed by atoms with Crippen LogP contribution in [-0.2, 0) is 4.79 Å². The van der Waals surface area contributed by atoms with Crippen molar-refractivity contribution < 1.29 is 4.79 Å². The maximum Gasteiger partial charge on any atom is 0.135 e. The highest BCUT2D eigenvalue weighted by atomic mass is 16.1. The summed E-state index contributed by atoms with van der Waals surface area (Å²) >= 11 is 0. The second kappa shape index (κ2) is 5.92. The maximum atomic E-state index is 10.7. The van der Waals surface area contributed by atoms with Crippen LogP contribution >= 0.6 is 0 Å². The average Bonchev–Trinajstić information content (AvgIpc) is 1.84. The lowest BCUT2D eigenvalue weighted by Gasteiger charge is -2.01. The van der Waals surface area contributed by atoms with E-state index in [4.69, 9.17) is 0 Å². The third-order valence-corrected chi connectivity index (χ3v) is 1.59. The van der Waals surface area contributed by atoms with Gasteiger partial charge < -0.3 is 0 Å². The van der Waals surface area contributed by atoms with E-state index < -0.39 is 0 Å². The quantitative estimate of drug-likeness (QED) is 0.581. The Hall–Kier alpha value is -0.660. The topological polar surface area (TPSA) is 29.4 Å². The molecule has 0 aliphatic carbocycles. The summed E-state index contributed by atoms with van der Waals surface area (Å²) in [5, 5.41) is 0. The van der Waals surface area contributed by atoms with Gasteiger partial charge in [0.25, 0.3) is 0 Å². The Kier molecular flexibility index (Phi) is 5.60. The van der Waals surface area contributed by atoms with E-state index in [-0.39, 0.29) is 5.78 Å². The highest BCUT2D eigenvalue weighted by Gasteiger charge is 1.96. The smallest absolute Gasteiger partial charge is 0.135 e. The van der Waals surface area contributed by atoms with Crippen LogP contribution < -0.4 is 0 Å². The number of rotatable bonds is 5. The lowest BCUT2D eigenvalue weighted by Crippen LogP contribution is -2.01. The zero-order valence-corrected chi connectivity index (χ0v) is 8.55. The van der Waals surface area contributed by atoms with Crippen molar-refractivity contribution in [3.63, 3.8) is 0 Å². The van der Waals surface area contributed by atoms with Gasteiger partial charge in [0.15, 0.2) is 0 Å². The van der Waals surface area contributed by atoms with E-state index in [0.717, 1.165) is 18.7 Å². The van der Waals surface area contributed by atoms with Crippen molar-refractivity contribution in [1.29, 1.82) is 0 Å². The van der Waals surface area contributed by atoms with Crippen LogP contribution in [0.25, 0.3) is 0 Å². The SMILES string of the molecule is CC(=O)CC(C)=NCCC(C)C. The lowest BCUT2D eigenvalue weighted by molar-refractivity contribution is -0.115. The predicted octanol–water partition coefficient (Wildman–Crippen LogP) is 2.47. The van der Waals surface area contributed by atoms with Crippen LogP contribution in [-0.4, -0.2) is 18.0 Å². The molecule has 0 saturated carbocycles. The van der Waals surface area contributed by atoms with Gasteiger partial charge in [0.2, 0.25) is 0 Å². The first-order valence-electron chi connectivity index (χ1n) is 4.51. The summed E-state index contributed by atoms with van der Waals surface area (Å²) in [7, 11) is 0. The molecule has 2 heteroatoms. The van der Waals surface area contributed by atoms with Gasteiger partial charge in [-0.2, -0.15) is 0 Å². The Morgan fingerprint density at radius 1 is 1.33 bits per heavy atom.